The van der Waals surface area contributed by atoms with Gasteiger partial charge in [0, 0.05) is 33.1 Å². The number of nitrogens with zero attached hydrogens (tertiary/aromatic N) is 2. The minimum Gasteiger partial charge on any atom is -0.282 e. The SMILES string of the molecule is CC[s+]1c(NNc2nc3ccc(S(=O)(=O)O)cc3[s+]2CC)nc2ccc(S(=O)(=O)O)cc21. The summed E-state index contributed by atoms with van der Waals surface area (Å²) in [5, 5.41) is 1.21. The fraction of sp³-hybridized carbons (Fsp3) is 0.222. The zero-order valence-corrected chi connectivity index (χ0v) is 20.2. The highest BCUT2D eigenvalue weighted by Gasteiger charge is 2.27. The van der Waals surface area contributed by atoms with Gasteiger partial charge in [-0.05, 0) is 38.1 Å². The Kier molecular flexibility index (Phi) is 5.85. The molecule has 2 atom stereocenters. The average molecular weight is 517 g/mol. The van der Waals surface area contributed by atoms with Crippen molar-refractivity contribution >= 4 is 71.9 Å². The number of aryl methyl sites for hydroxylation is 2. The molecule has 0 saturated carbocycles. The first-order valence-corrected chi connectivity index (χ1v) is 15.0. The van der Waals surface area contributed by atoms with Gasteiger partial charge in [-0.15, -0.1) is 0 Å². The quantitative estimate of drug-likeness (QED) is 0.159. The zero-order valence-electron chi connectivity index (χ0n) is 16.9. The van der Waals surface area contributed by atoms with Crippen molar-refractivity contribution < 1.29 is 25.9 Å². The Morgan fingerprint density at radius 2 is 1.12 bits per heavy atom. The van der Waals surface area contributed by atoms with Crippen LogP contribution in [0.5, 0.6) is 0 Å². The van der Waals surface area contributed by atoms with Gasteiger partial charge in [0.2, 0.25) is 9.40 Å². The van der Waals surface area contributed by atoms with Gasteiger partial charge in [0.05, 0.1) is 9.79 Å². The molecule has 4 rings (SSSR count). The molecular formula is C18H20N4O6S4+2. The van der Waals surface area contributed by atoms with Crippen LogP contribution in [0.25, 0.3) is 20.4 Å². The summed E-state index contributed by atoms with van der Waals surface area (Å²) in [7, 11) is -9.70. The highest BCUT2D eigenvalue weighted by molar-refractivity contribution is 7.86. The van der Waals surface area contributed by atoms with Gasteiger partial charge in [0.25, 0.3) is 20.2 Å². The van der Waals surface area contributed by atoms with Crippen LogP contribution in [-0.2, 0) is 31.7 Å². The van der Waals surface area contributed by atoms with E-state index in [1.807, 2.05) is 13.8 Å². The largest absolute Gasteiger partial charge is 0.359 e. The lowest BCUT2D eigenvalue weighted by Gasteiger charge is -1.99. The number of hydrogen-bond acceptors (Lipinski definition) is 8. The van der Waals surface area contributed by atoms with Crippen LogP contribution in [0.4, 0.5) is 10.3 Å². The smallest absolute Gasteiger partial charge is 0.282 e. The van der Waals surface area contributed by atoms with Crippen molar-refractivity contribution in [2.45, 2.75) is 35.1 Å². The molecule has 2 aromatic carbocycles. The number of hydrogen-bond donors (Lipinski definition) is 4. The van der Waals surface area contributed by atoms with Gasteiger partial charge in [-0.2, -0.15) is 26.8 Å². The van der Waals surface area contributed by atoms with Crippen LogP contribution in [0.2, 0.25) is 0 Å². The standard InChI is InChI=1S/C18H18N4O6S4/c1-3-29-15-9-11(31(23,24)25)5-7-13(15)19-17(29)21-22-18-20-14-8-6-12(32(26,27)28)10-16(14)30(18)4-2/h5-10H,3-4H2,1-2H3,(H2-2,19,20,21,22,23,24,25,26,27,28)/p+2. The van der Waals surface area contributed by atoms with Crippen LogP contribution in [0.15, 0.2) is 46.2 Å². The summed E-state index contributed by atoms with van der Waals surface area (Å²) in [6.07, 6.45) is 0. The maximum atomic E-state index is 11.5. The first-order valence-electron chi connectivity index (χ1n) is 9.37. The molecule has 170 valence electrons. The summed E-state index contributed by atoms with van der Waals surface area (Å²) in [5.41, 5.74) is 7.41. The van der Waals surface area contributed by atoms with Crippen LogP contribution in [0, 0.1) is 0 Å². The van der Waals surface area contributed by atoms with E-state index in [4.69, 9.17) is 0 Å². The summed E-state index contributed by atoms with van der Waals surface area (Å²) in [6, 6.07) is 8.60. The van der Waals surface area contributed by atoms with E-state index >= 15 is 0 Å². The highest BCUT2D eigenvalue weighted by atomic mass is 32.2. The number of anilines is 2. The second-order valence-corrected chi connectivity index (χ2v) is 13.9. The number of nitrogens with one attached hydrogen (secondary N) is 2. The van der Waals surface area contributed by atoms with Gasteiger partial charge in [-0.25, -0.2) is 10.9 Å². The number of fused-ring (bicyclic) bond motifs is 2. The van der Waals surface area contributed by atoms with E-state index < -0.39 is 41.2 Å². The fourth-order valence-corrected chi connectivity index (χ4v) is 8.08. The van der Waals surface area contributed by atoms with Crippen LogP contribution in [-0.4, -0.2) is 35.9 Å². The molecule has 2 unspecified atom stereocenters. The molecule has 4 N–H and O–H groups in total. The minimum atomic E-state index is -4.32. The molecule has 4 aromatic rings. The molecule has 0 radical (unpaired) electrons. The van der Waals surface area contributed by atoms with Gasteiger partial charge in [-0.3, -0.25) is 9.11 Å². The van der Waals surface area contributed by atoms with E-state index in [1.54, 1.807) is 12.1 Å². The van der Waals surface area contributed by atoms with E-state index in [0.717, 1.165) is 9.40 Å². The molecule has 0 aliphatic heterocycles. The predicted octanol–water partition coefficient (Wildman–Crippen LogP) is 4.25. The molecular weight excluding hydrogens is 496 g/mol. The topological polar surface area (TPSA) is 159 Å². The first-order chi connectivity index (χ1) is 15.0. The Morgan fingerprint density at radius 1 is 0.750 bits per heavy atom. The van der Waals surface area contributed by atoms with E-state index in [0.29, 0.717) is 32.8 Å². The highest BCUT2D eigenvalue weighted by Crippen LogP contribution is 2.42. The Bertz CT molecular complexity index is 1440. The Hall–Kier alpha value is -2.36. The Labute approximate surface area is 189 Å². The molecule has 32 heavy (non-hydrogen) atoms. The summed E-state index contributed by atoms with van der Waals surface area (Å²) in [6.45, 7) is 3.90. The van der Waals surface area contributed by atoms with Gasteiger partial charge < -0.3 is 0 Å². The molecule has 0 aliphatic carbocycles. The molecule has 0 amide bonds. The van der Waals surface area contributed by atoms with E-state index in [1.165, 1.54) is 24.3 Å². The summed E-state index contributed by atoms with van der Waals surface area (Å²) < 4.78 is 66.1. The molecule has 0 saturated heterocycles. The molecule has 0 spiro atoms. The van der Waals surface area contributed by atoms with Gasteiger partial charge in [-0.1, -0.05) is 0 Å². The lowest BCUT2D eigenvalue weighted by Crippen LogP contribution is -2.09. The maximum absolute atomic E-state index is 11.5. The third kappa shape index (κ3) is 4.16. The average Bonchev–Trinajstić information content (AvgIpc) is 3.26. The lowest BCUT2D eigenvalue weighted by atomic mass is 10.3. The van der Waals surface area contributed by atoms with Crippen LogP contribution in [0.1, 0.15) is 13.8 Å². The van der Waals surface area contributed by atoms with Crippen LogP contribution < -0.4 is 10.9 Å². The molecule has 2 aromatic heterocycles. The Balaban J connectivity index is 1.71. The molecule has 0 bridgehead atoms. The van der Waals surface area contributed by atoms with Crippen molar-refractivity contribution in [1.29, 1.82) is 0 Å². The normalized spacial score (nSPS) is 13.6. The van der Waals surface area contributed by atoms with Gasteiger partial charge >= 0.3 is 10.3 Å². The Morgan fingerprint density at radius 3 is 1.44 bits per heavy atom. The summed E-state index contributed by atoms with van der Waals surface area (Å²) in [4.78, 5) is 8.75. The van der Waals surface area contributed by atoms with Crippen molar-refractivity contribution in [3.63, 3.8) is 0 Å². The molecule has 0 fully saturated rings. The van der Waals surface area contributed by atoms with Crippen molar-refractivity contribution in [2.75, 3.05) is 10.9 Å². The van der Waals surface area contributed by atoms with E-state index in [9.17, 15) is 25.9 Å². The number of aromatic nitrogens is 2. The van der Waals surface area contributed by atoms with Crippen molar-refractivity contribution in [2.24, 2.45) is 0 Å². The maximum Gasteiger partial charge on any atom is 0.359 e. The predicted molar refractivity (Wildman–Crippen MR) is 127 cm³/mol. The second-order valence-electron chi connectivity index (χ2n) is 6.65. The molecule has 14 heteroatoms. The number of thiazole rings is 2. The minimum absolute atomic E-state index is 0.176. The zero-order chi connectivity index (χ0) is 23.3. The van der Waals surface area contributed by atoms with Crippen molar-refractivity contribution in [1.82, 2.24) is 9.97 Å². The van der Waals surface area contributed by atoms with E-state index in [2.05, 4.69) is 20.8 Å². The molecule has 10 nitrogen and oxygen atoms in total. The number of hydrazine groups is 1. The third-order valence-electron chi connectivity index (χ3n) is 4.75. The van der Waals surface area contributed by atoms with Crippen molar-refractivity contribution in [3.8, 4) is 0 Å². The number of rotatable bonds is 7. The first kappa shape index (κ1) is 22.8. The summed E-state index contributed by atoms with van der Waals surface area (Å²) in [5.74, 6) is 1.33. The van der Waals surface area contributed by atoms with Crippen LogP contribution in [0.3, 0.4) is 0 Å². The monoisotopic (exact) mass is 516 g/mol. The molecule has 0 aliphatic rings. The van der Waals surface area contributed by atoms with Gasteiger partial charge in [0.1, 0.15) is 22.5 Å². The van der Waals surface area contributed by atoms with Gasteiger partial charge in [0.15, 0.2) is 0 Å². The van der Waals surface area contributed by atoms with Crippen molar-refractivity contribution in [3.05, 3.63) is 36.4 Å². The third-order valence-corrected chi connectivity index (χ3v) is 10.6. The number of benzene rings is 2. The fourth-order valence-electron chi connectivity index (χ4n) is 3.30. The van der Waals surface area contributed by atoms with Crippen LogP contribution >= 0.6 is 20.9 Å². The van der Waals surface area contributed by atoms with E-state index in [-0.39, 0.29) is 9.79 Å². The second kappa shape index (κ2) is 8.20. The summed E-state index contributed by atoms with van der Waals surface area (Å²) >= 11 is 0. The molecule has 2 heterocycles. The lowest BCUT2D eigenvalue weighted by molar-refractivity contribution is 0.481.